The van der Waals surface area contributed by atoms with Gasteiger partial charge in [0.15, 0.2) is 0 Å². The Morgan fingerprint density at radius 1 is 1.62 bits per heavy atom. The monoisotopic (exact) mass is 191 g/mol. The van der Waals surface area contributed by atoms with E-state index < -0.39 is 0 Å². The molecule has 0 N–H and O–H groups in total. The Balaban J connectivity index is 2.82. The van der Waals surface area contributed by atoms with Crippen LogP contribution in [0.2, 0.25) is 0 Å². The highest BCUT2D eigenvalue weighted by atomic mass is 32.1. The molecule has 2 aromatic heterocycles. The molecule has 2 heterocycles. The lowest BCUT2D eigenvalue weighted by atomic mass is 10.4. The van der Waals surface area contributed by atoms with Gasteiger partial charge in [-0.2, -0.15) is 9.61 Å². The van der Waals surface area contributed by atoms with Crippen molar-refractivity contribution in [3.63, 3.8) is 0 Å². The summed E-state index contributed by atoms with van der Waals surface area (Å²) in [5.74, 6) is 5.43. The van der Waals surface area contributed by atoms with Crippen molar-refractivity contribution < 1.29 is 0 Å². The normalized spacial score (nSPS) is 9.62. The fraction of sp³-hybridized carbons (Fsp3) is 0.125. The van der Waals surface area contributed by atoms with Gasteiger partial charge in [-0.3, -0.25) is 4.79 Å². The topological polar surface area (TPSA) is 47.3 Å². The summed E-state index contributed by atoms with van der Waals surface area (Å²) in [4.78, 5) is 16.0. The predicted molar refractivity (Wildman–Crippen MR) is 49.7 cm³/mol. The van der Waals surface area contributed by atoms with Crippen LogP contribution >= 0.6 is 11.3 Å². The van der Waals surface area contributed by atoms with Gasteiger partial charge in [0.1, 0.15) is 11.2 Å². The van der Waals surface area contributed by atoms with Crippen LogP contribution in [0.25, 0.3) is 4.96 Å². The molecule has 0 amide bonds. The van der Waals surface area contributed by atoms with E-state index in [-0.39, 0.29) is 5.56 Å². The van der Waals surface area contributed by atoms with E-state index in [1.165, 1.54) is 21.9 Å². The zero-order chi connectivity index (χ0) is 9.26. The van der Waals surface area contributed by atoms with E-state index >= 15 is 0 Å². The van der Waals surface area contributed by atoms with Crippen LogP contribution in [0.15, 0.2) is 16.4 Å². The molecule has 0 saturated carbocycles. The van der Waals surface area contributed by atoms with Gasteiger partial charge >= 0.3 is 0 Å². The van der Waals surface area contributed by atoms with Gasteiger partial charge in [0.2, 0.25) is 4.96 Å². The average Bonchev–Trinajstić information content (AvgIpc) is 2.53. The van der Waals surface area contributed by atoms with E-state index in [0.29, 0.717) is 10.7 Å². The molecule has 2 aromatic rings. The summed E-state index contributed by atoms with van der Waals surface area (Å²) in [6.45, 7) is 1.70. The number of hydrogen-bond acceptors (Lipinski definition) is 4. The van der Waals surface area contributed by atoms with Crippen molar-refractivity contribution in [2.75, 3.05) is 0 Å². The van der Waals surface area contributed by atoms with E-state index in [4.69, 9.17) is 0 Å². The Bertz CT molecular complexity index is 558. The first-order valence-electron chi connectivity index (χ1n) is 3.57. The van der Waals surface area contributed by atoms with E-state index in [9.17, 15) is 4.79 Å². The fourth-order valence-electron chi connectivity index (χ4n) is 0.948. The van der Waals surface area contributed by atoms with Crippen LogP contribution in [-0.4, -0.2) is 14.6 Å². The van der Waals surface area contributed by atoms with Crippen LogP contribution in [0.4, 0.5) is 0 Å². The third-order valence-electron chi connectivity index (χ3n) is 1.44. The molecule has 0 radical (unpaired) electrons. The van der Waals surface area contributed by atoms with Crippen molar-refractivity contribution in [1.29, 1.82) is 0 Å². The minimum absolute atomic E-state index is 0.191. The fourth-order valence-corrected chi connectivity index (χ4v) is 1.57. The Labute approximate surface area is 77.9 Å². The van der Waals surface area contributed by atoms with Gasteiger partial charge in [0, 0.05) is 6.07 Å². The van der Waals surface area contributed by atoms with Crippen LogP contribution in [0.1, 0.15) is 12.6 Å². The van der Waals surface area contributed by atoms with Gasteiger partial charge in [-0.15, -0.1) is 0 Å². The molecule has 0 aromatic carbocycles. The van der Waals surface area contributed by atoms with Crippen molar-refractivity contribution in [1.82, 2.24) is 14.6 Å². The highest BCUT2D eigenvalue weighted by Gasteiger charge is 2.01. The molecule has 0 aliphatic carbocycles. The van der Waals surface area contributed by atoms with E-state index in [2.05, 4.69) is 21.9 Å². The first-order valence-corrected chi connectivity index (χ1v) is 4.45. The standard InChI is InChI=1S/C8H5N3OS/c1-2-3-6-4-7(12)11-8(10-6)13-5-9-11/h4-5H,1H3. The van der Waals surface area contributed by atoms with Crippen LogP contribution in [-0.2, 0) is 0 Å². The number of hydrogen-bond donors (Lipinski definition) is 0. The summed E-state index contributed by atoms with van der Waals surface area (Å²) in [6.07, 6.45) is 0. The van der Waals surface area contributed by atoms with Gasteiger partial charge < -0.3 is 0 Å². The molecular formula is C8H5N3OS. The summed E-state index contributed by atoms with van der Waals surface area (Å²) in [5, 5.41) is 3.83. The Hall–Kier alpha value is -1.67. The second kappa shape index (κ2) is 2.99. The molecule has 0 unspecified atom stereocenters. The highest BCUT2D eigenvalue weighted by molar-refractivity contribution is 7.14. The third-order valence-corrected chi connectivity index (χ3v) is 2.11. The zero-order valence-corrected chi connectivity index (χ0v) is 7.63. The average molecular weight is 191 g/mol. The minimum Gasteiger partial charge on any atom is -0.267 e. The molecule has 0 aliphatic heterocycles. The number of aromatic nitrogens is 3. The maximum absolute atomic E-state index is 11.3. The molecule has 0 spiro atoms. The predicted octanol–water partition coefficient (Wildman–Crippen LogP) is 0.522. The molecule has 0 fully saturated rings. The van der Waals surface area contributed by atoms with E-state index in [1.54, 1.807) is 12.4 Å². The van der Waals surface area contributed by atoms with Gasteiger partial charge in [-0.25, -0.2) is 4.98 Å². The molecule has 64 valence electrons. The van der Waals surface area contributed by atoms with Crippen LogP contribution in [0.3, 0.4) is 0 Å². The Morgan fingerprint density at radius 2 is 2.46 bits per heavy atom. The van der Waals surface area contributed by atoms with Crippen molar-refractivity contribution in [2.45, 2.75) is 6.92 Å². The first kappa shape index (κ1) is 7.95. The van der Waals surface area contributed by atoms with Gasteiger partial charge in [0.25, 0.3) is 5.56 Å². The Kier molecular flexibility index (Phi) is 1.83. The maximum atomic E-state index is 11.3. The molecule has 5 heteroatoms. The Morgan fingerprint density at radius 3 is 3.23 bits per heavy atom. The second-order valence-electron chi connectivity index (χ2n) is 2.29. The molecule has 0 atom stereocenters. The lowest BCUT2D eigenvalue weighted by molar-refractivity contribution is 0.896. The lowest BCUT2D eigenvalue weighted by Gasteiger charge is -1.89. The lowest BCUT2D eigenvalue weighted by Crippen LogP contribution is -2.14. The van der Waals surface area contributed by atoms with Crippen LogP contribution in [0, 0.1) is 11.8 Å². The molecule has 13 heavy (non-hydrogen) atoms. The molecular weight excluding hydrogens is 186 g/mol. The summed E-state index contributed by atoms with van der Waals surface area (Å²) < 4.78 is 1.26. The van der Waals surface area contributed by atoms with E-state index in [1.807, 2.05) is 0 Å². The zero-order valence-electron chi connectivity index (χ0n) is 6.81. The van der Waals surface area contributed by atoms with Crippen molar-refractivity contribution >= 4 is 16.3 Å². The van der Waals surface area contributed by atoms with Gasteiger partial charge in [0.05, 0.1) is 0 Å². The SMILES string of the molecule is CC#Cc1cc(=O)n2ncsc2n1. The molecule has 0 saturated heterocycles. The van der Waals surface area contributed by atoms with E-state index in [0.717, 1.165) is 0 Å². The van der Waals surface area contributed by atoms with Crippen molar-refractivity contribution in [3.8, 4) is 11.8 Å². The molecule has 2 rings (SSSR count). The molecule has 4 nitrogen and oxygen atoms in total. The number of fused-ring (bicyclic) bond motifs is 1. The van der Waals surface area contributed by atoms with Crippen molar-refractivity contribution in [3.05, 3.63) is 27.6 Å². The van der Waals surface area contributed by atoms with Gasteiger partial charge in [-0.05, 0) is 12.8 Å². The summed E-state index contributed by atoms with van der Waals surface area (Å²) in [7, 11) is 0. The molecule has 0 aliphatic rings. The second-order valence-corrected chi connectivity index (χ2v) is 3.10. The third kappa shape index (κ3) is 1.32. The summed E-state index contributed by atoms with van der Waals surface area (Å²) in [5.41, 5.74) is 1.88. The number of nitrogens with zero attached hydrogens (tertiary/aromatic N) is 3. The first-order chi connectivity index (χ1) is 6.31. The maximum Gasteiger partial charge on any atom is 0.276 e. The summed E-state index contributed by atoms with van der Waals surface area (Å²) in [6, 6.07) is 1.38. The quantitative estimate of drug-likeness (QED) is 0.570. The van der Waals surface area contributed by atoms with Crippen LogP contribution in [0.5, 0.6) is 0 Å². The smallest absolute Gasteiger partial charge is 0.267 e. The highest BCUT2D eigenvalue weighted by Crippen LogP contribution is 2.02. The summed E-state index contributed by atoms with van der Waals surface area (Å²) >= 11 is 1.31. The van der Waals surface area contributed by atoms with Crippen LogP contribution < -0.4 is 5.56 Å². The largest absolute Gasteiger partial charge is 0.276 e. The number of rotatable bonds is 0. The minimum atomic E-state index is -0.191. The van der Waals surface area contributed by atoms with Crippen molar-refractivity contribution in [2.24, 2.45) is 0 Å². The molecule has 0 bridgehead atoms. The van der Waals surface area contributed by atoms with Gasteiger partial charge in [-0.1, -0.05) is 17.3 Å².